The third-order valence-corrected chi connectivity index (χ3v) is 3.06. The maximum Gasteiger partial charge on any atom is 0.221 e. The number of aromatic nitrogens is 1. The zero-order valence-electron chi connectivity index (χ0n) is 11.8. The van der Waals surface area contributed by atoms with E-state index in [1.165, 1.54) is 6.92 Å². The summed E-state index contributed by atoms with van der Waals surface area (Å²) in [4.78, 5) is 15.5. The number of amides is 1. The van der Waals surface area contributed by atoms with Gasteiger partial charge >= 0.3 is 0 Å². The van der Waals surface area contributed by atoms with Gasteiger partial charge in [-0.3, -0.25) is 9.78 Å². The standard InChI is InChI=1S/C16H19N3O/c1-12(15-8-5-6-10-17-15)18-11-14-7-3-4-9-16(14)19-13(2)20/h3-10,12,18H,11H2,1-2H3,(H,19,20)/t12-/m0/s1. The SMILES string of the molecule is CC(=O)Nc1ccccc1CN[C@@H](C)c1ccccn1. The number of nitrogens with one attached hydrogen (secondary N) is 2. The minimum absolute atomic E-state index is 0.0600. The first kappa shape index (κ1) is 14.2. The van der Waals surface area contributed by atoms with Gasteiger partial charge in [-0.15, -0.1) is 0 Å². The van der Waals surface area contributed by atoms with Crippen LogP contribution in [0.25, 0.3) is 0 Å². The molecule has 0 saturated heterocycles. The average Bonchev–Trinajstić information content (AvgIpc) is 2.46. The van der Waals surface area contributed by atoms with Crippen LogP contribution in [-0.4, -0.2) is 10.9 Å². The van der Waals surface area contributed by atoms with Gasteiger partial charge in [-0.25, -0.2) is 0 Å². The second kappa shape index (κ2) is 6.82. The van der Waals surface area contributed by atoms with Crippen LogP contribution in [0.2, 0.25) is 0 Å². The number of rotatable bonds is 5. The Morgan fingerprint density at radius 3 is 2.65 bits per heavy atom. The van der Waals surface area contributed by atoms with E-state index >= 15 is 0 Å². The quantitative estimate of drug-likeness (QED) is 0.877. The fourth-order valence-electron chi connectivity index (χ4n) is 1.99. The van der Waals surface area contributed by atoms with Crippen molar-refractivity contribution in [2.24, 2.45) is 0 Å². The second-order valence-electron chi connectivity index (χ2n) is 4.70. The van der Waals surface area contributed by atoms with Gasteiger partial charge in [0.05, 0.1) is 5.69 Å². The van der Waals surface area contributed by atoms with Gasteiger partial charge in [-0.05, 0) is 30.7 Å². The molecular formula is C16H19N3O. The molecule has 0 spiro atoms. The van der Waals surface area contributed by atoms with E-state index in [1.807, 2.05) is 42.5 Å². The second-order valence-corrected chi connectivity index (χ2v) is 4.70. The van der Waals surface area contributed by atoms with Crippen molar-refractivity contribution in [3.05, 3.63) is 59.9 Å². The molecule has 1 aromatic heterocycles. The highest BCUT2D eigenvalue weighted by atomic mass is 16.1. The van der Waals surface area contributed by atoms with Crippen molar-refractivity contribution in [1.29, 1.82) is 0 Å². The van der Waals surface area contributed by atoms with Crippen LogP contribution in [0, 0.1) is 0 Å². The lowest BCUT2D eigenvalue weighted by Gasteiger charge is -2.15. The van der Waals surface area contributed by atoms with Crippen molar-refractivity contribution in [1.82, 2.24) is 10.3 Å². The van der Waals surface area contributed by atoms with Crippen LogP contribution in [0.5, 0.6) is 0 Å². The molecule has 0 aliphatic heterocycles. The van der Waals surface area contributed by atoms with Gasteiger partial charge in [0.15, 0.2) is 0 Å². The third kappa shape index (κ3) is 3.90. The minimum atomic E-state index is -0.0600. The number of hydrogen-bond acceptors (Lipinski definition) is 3. The van der Waals surface area contributed by atoms with Gasteiger partial charge in [0.1, 0.15) is 0 Å². The smallest absolute Gasteiger partial charge is 0.221 e. The number of benzene rings is 1. The molecule has 0 bridgehead atoms. The molecule has 1 heterocycles. The van der Waals surface area contributed by atoms with E-state index in [4.69, 9.17) is 0 Å². The number of carbonyl (C=O) groups excluding carboxylic acids is 1. The Morgan fingerprint density at radius 2 is 1.95 bits per heavy atom. The minimum Gasteiger partial charge on any atom is -0.326 e. The molecule has 2 aromatic rings. The predicted molar refractivity (Wildman–Crippen MR) is 80.2 cm³/mol. The Morgan fingerprint density at radius 1 is 1.20 bits per heavy atom. The lowest BCUT2D eigenvalue weighted by atomic mass is 10.1. The number of carbonyl (C=O) groups is 1. The first-order valence-electron chi connectivity index (χ1n) is 6.66. The molecule has 2 rings (SSSR count). The molecule has 0 aliphatic rings. The molecule has 20 heavy (non-hydrogen) atoms. The molecule has 2 N–H and O–H groups in total. The largest absolute Gasteiger partial charge is 0.326 e. The maximum atomic E-state index is 11.2. The fraction of sp³-hybridized carbons (Fsp3) is 0.250. The Bertz CT molecular complexity index is 569. The van der Waals surface area contributed by atoms with Crippen molar-refractivity contribution >= 4 is 11.6 Å². The molecule has 0 saturated carbocycles. The molecule has 0 radical (unpaired) electrons. The highest BCUT2D eigenvalue weighted by molar-refractivity contribution is 5.89. The van der Waals surface area contributed by atoms with Gasteiger partial charge in [-0.1, -0.05) is 24.3 Å². The van der Waals surface area contributed by atoms with E-state index in [9.17, 15) is 4.79 Å². The molecule has 4 heteroatoms. The van der Waals surface area contributed by atoms with Crippen LogP contribution in [-0.2, 0) is 11.3 Å². The summed E-state index contributed by atoms with van der Waals surface area (Å²) in [5.74, 6) is -0.0600. The van der Waals surface area contributed by atoms with Gasteiger partial charge in [0, 0.05) is 31.4 Å². The summed E-state index contributed by atoms with van der Waals surface area (Å²) in [5.41, 5.74) is 2.91. The van der Waals surface area contributed by atoms with Crippen molar-refractivity contribution in [3.8, 4) is 0 Å². The molecule has 1 aromatic carbocycles. The van der Waals surface area contributed by atoms with Crippen LogP contribution in [0.4, 0.5) is 5.69 Å². The van der Waals surface area contributed by atoms with Crippen LogP contribution < -0.4 is 10.6 Å². The van der Waals surface area contributed by atoms with Crippen molar-refractivity contribution in [2.75, 3.05) is 5.32 Å². The zero-order valence-corrected chi connectivity index (χ0v) is 11.8. The number of para-hydroxylation sites is 1. The van der Waals surface area contributed by atoms with Crippen molar-refractivity contribution < 1.29 is 4.79 Å². The normalized spacial score (nSPS) is 11.9. The summed E-state index contributed by atoms with van der Waals surface area (Å²) >= 11 is 0. The lowest BCUT2D eigenvalue weighted by Crippen LogP contribution is -2.20. The van der Waals surface area contributed by atoms with Crippen molar-refractivity contribution in [2.45, 2.75) is 26.4 Å². The lowest BCUT2D eigenvalue weighted by molar-refractivity contribution is -0.114. The van der Waals surface area contributed by atoms with Gasteiger partial charge in [0.2, 0.25) is 5.91 Å². The van der Waals surface area contributed by atoms with E-state index in [2.05, 4.69) is 22.5 Å². The molecule has 104 valence electrons. The van der Waals surface area contributed by atoms with E-state index in [-0.39, 0.29) is 11.9 Å². The molecule has 4 nitrogen and oxygen atoms in total. The Hall–Kier alpha value is -2.20. The fourth-order valence-corrected chi connectivity index (χ4v) is 1.99. The molecule has 1 amide bonds. The summed E-state index contributed by atoms with van der Waals surface area (Å²) in [5, 5.41) is 6.26. The summed E-state index contributed by atoms with van der Waals surface area (Å²) < 4.78 is 0. The Balaban J connectivity index is 2.02. The molecular weight excluding hydrogens is 250 g/mol. The molecule has 0 fully saturated rings. The highest BCUT2D eigenvalue weighted by Gasteiger charge is 2.08. The molecule has 0 aliphatic carbocycles. The van der Waals surface area contributed by atoms with E-state index in [1.54, 1.807) is 6.20 Å². The van der Waals surface area contributed by atoms with Gasteiger partial charge in [0.25, 0.3) is 0 Å². The first-order valence-corrected chi connectivity index (χ1v) is 6.66. The Kier molecular flexibility index (Phi) is 4.85. The van der Waals surface area contributed by atoms with E-state index in [0.717, 1.165) is 16.9 Å². The zero-order chi connectivity index (χ0) is 14.4. The summed E-state index contributed by atoms with van der Waals surface area (Å²) in [7, 11) is 0. The van der Waals surface area contributed by atoms with Gasteiger partial charge in [-0.2, -0.15) is 0 Å². The number of pyridine rings is 1. The topological polar surface area (TPSA) is 54.0 Å². The predicted octanol–water partition coefficient (Wildman–Crippen LogP) is 2.89. The van der Waals surface area contributed by atoms with E-state index < -0.39 is 0 Å². The monoisotopic (exact) mass is 269 g/mol. The van der Waals surface area contributed by atoms with Crippen LogP contribution in [0.1, 0.15) is 31.1 Å². The van der Waals surface area contributed by atoms with Crippen LogP contribution in [0.15, 0.2) is 48.7 Å². The van der Waals surface area contributed by atoms with Crippen LogP contribution in [0.3, 0.4) is 0 Å². The number of anilines is 1. The number of hydrogen-bond donors (Lipinski definition) is 2. The number of nitrogens with zero attached hydrogens (tertiary/aromatic N) is 1. The average molecular weight is 269 g/mol. The molecule has 1 atom stereocenters. The maximum absolute atomic E-state index is 11.2. The third-order valence-electron chi connectivity index (χ3n) is 3.06. The van der Waals surface area contributed by atoms with E-state index in [0.29, 0.717) is 6.54 Å². The Labute approximate surface area is 119 Å². The van der Waals surface area contributed by atoms with Crippen molar-refractivity contribution in [3.63, 3.8) is 0 Å². The summed E-state index contributed by atoms with van der Waals surface area (Å²) in [6, 6.07) is 13.8. The molecule has 0 unspecified atom stereocenters. The van der Waals surface area contributed by atoms with Crippen LogP contribution >= 0.6 is 0 Å². The van der Waals surface area contributed by atoms with Gasteiger partial charge < -0.3 is 10.6 Å². The summed E-state index contributed by atoms with van der Waals surface area (Å²) in [6.45, 7) is 4.26. The highest BCUT2D eigenvalue weighted by Crippen LogP contribution is 2.16. The first-order chi connectivity index (χ1) is 9.66. The summed E-state index contributed by atoms with van der Waals surface area (Å²) in [6.07, 6.45) is 1.79.